The second-order valence-electron chi connectivity index (χ2n) is 17.4. The van der Waals surface area contributed by atoms with Gasteiger partial charge in [0.2, 0.25) is 0 Å². The zero-order chi connectivity index (χ0) is 44.9. The molecule has 0 bridgehead atoms. The van der Waals surface area contributed by atoms with E-state index in [0.29, 0.717) is 19.4 Å². The first-order chi connectivity index (χ1) is 30.6. The topological polar surface area (TPSA) is 61.8 Å². The third-order valence-corrected chi connectivity index (χ3v) is 11.2. The van der Waals surface area contributed by atoms with Crippen LogP contribution < -0.4 is 0 Å². The Morgan fingerprint density at radius 3 is 1.15 bits per heavy atom. The Hall–Kier alpha value is -2.66. The fraction of sp³-hybridized carbons (Fsp3) is 0.754. The van der Waals surface area contributed by atoms with E-state index in [4.69, 9.17) is 14.2 Å². The number of allylic oxidation sites excluding steroid dienone is 12. The SMILES string of the molecule is CC/C=C\C/C=C\C/C=C\CCCCCC(=O)OCC(COCCCCCCCCCCCCCCCCCCCCCC)OC(=O)CCCCC/C=C\C/C=C\C/C=C\CC. The van der Waals surface area contributed by atoms with Gasteiger partial charge in [0.15, 0.2) is 6.10 Å². The van der Waals surface area contributed by atoms with Crippen molar-refractivity contribution in [1.82, 2.24) is 0 Å². The van der Waals surface area contributed by atoms with E-state index in [9.17, 15) is 9.59 Å². The van der Waals surface area contributed by atoms with Gasteiger partial charge in [-0.25, -0.2) is 0 Å². The van der Waals surface area contributed by atoms with Crippen LogP contribution in [0.4, 0.5) is 0 Å². The molecule has 5 nitrogen and oxygen atoms in total. The van der Waals surface area contributed by atoms with Crippen LogP contribution in [-0.4, -0.2) is 37.9 Å². The summed E-state index contributed by atoms with van der Waals surface area (Å²) in [7, 11) is 0. The van der Waals surface area contributed by atoms with Crippen molar-refractivity contribution in [1.29, 1.82) is 0 Å². The summed E-state index contributed by atoms with van der Waals surface area (Å²) >= 11 is 0. The highest BCUT2D eigenvalue weighted by Crippen LogP contribution is 2.15. The lowest BCUT2D eigenvalue weighted by atomic mass is 10.0. The molecule has 0 aliphatic carbocycles. The second-order valence-corrected chi connectivity index (χ2v) is 17.4. The van der Waals surface area contributed by atoms with Gasteiger partial charge in [-0.15, -0.1) is 0 Å². The number of carbonyl (C=O) groups is 2. The highest BCUT2D eigenvalue weighted by molar-refractivity contribution is 5.70. The molecule has 0 spiro atoms. The predicted molar refractivity (Wildman–Crippen MR) is 270 cm³/mol. The maximum atomic E-state index is 12.8. The Balaban J connectivity index is 4.26. The molecule has 5 heteroatoms. The number of ether oxygens (including phenoxy) is 3. The molecule has 0 saturated carbocycles. The summed E-state index contributed by atoms with van der Waals surface area (Å²) in [4.78, 5) is 25.3. The highest BCUT2D eigenvalue weighted by Gasteiger charge is 2.17. The Morgan fingerprint density at radius 1 is 0.371 bits per heavy atom. The van der Waals surface area contributed by atoms with Gasteiger partial charge in [0, 0.05) is 19.4 Å². The van der Waals surface area contributed by atoms with E-state index in [-0.39, 0.29) is 25.2 Å². The van der Waals surface area contributed by atoms with Crippen molar-refractivity contribution >= 4 is 11.9 Å². The van der Waals surface area contributed by atoms with Crippen LogP contribution in [0, 0.1) is 0 Å². The summed E-state index contributed by atoms with van der Waals surface area (Å²) < 4.78 is 17.4. The number of hydrogen-bond donors (Lipinski definition) is 0. The third-order valence-electron chi connectivity index (χ3n) is 11.2. The molecule has 0 amide bonds. The molecule has 62 heavy (non-hydrogen) atoms. The van der Waals surface area contributed by atoms with Crippen LogP contribution in [0.25, 0.3) is 0 Å². The van der Waals surface area contributed by atoms with E-state index < -0.39 is 6.10 Å². The standard InChI is InChI=1S/C57H100O5/c1-4-7-10-13-16-19-22-25-26-27-28-29-30-31-34-37-40-43-46-49-52-60-53-55(62-57(59)51-48-45-42-39-36-33-24-21-18-15-12-9-6-3)54-61-56(58)50-47-44-41-38-35-32-23-20-17-14-11-8-5-2/h8-9,11-12,17-18,20-21,32-33,35-36,55H,4-7,10,13-16,19,22-31,34,37-54H2,1-3H3/b11-8-,12-9-,20-17-,21-18-,35-32-,36-33-. The number of carbonyl (C=O) groups excluding carboxylic acids is 2. The van der Waals surface area contributed by atoms with Crippen LogP contribution in [0.2, 0.25) is 0 Å². The Bertz CT molecular complexity index is 1110. The van der Waals surface area contributed by atoms with Gasteiger partial charge in [-0.1, -0.05) is 229 Å². The van der Waals surface area contributed by atoms with Gasteiger partial charge in [-0.3, -0.25) is 9.59 Å². The predicted octanol–water partition coefficient (Wildman–Crippen LogP) is 17.9. The number of hydrogen-bond acceptors (Lipinski definition) is 5. The summed E-state index contributed by atoms with van der Waals surface area (Å²) in [5, 5.41) is 0. The van der Waals surface area contributed by atoms with E-state index in [1.54, 1.807) is 0 Å². The molecule has 0 saturated heterocycles. The molecule has 0 aromatic heterocycles. The van der Waals surface area contributed by atoms with E-state index in [0.717, 1.165) is 103 Å². The van der Waals surface area contributed by atoms with Crippen molar-refractivity contribution in [3.63, 3.8) is 0 Å². The molecule has 0 fully saturated rings. The average molecular weight is 865 g/mol. The molecule has 0 heterocycles. The normalized spacial score (nSPS) is 12.8. The van der Waals surface area contributed by atoms with Gasteiger partial charge in [-0.2, -0.15) is 0 Å². The minimum Gasteiger partial charge on any atom is -0.462 e. The van der Waals surface area contributed by atoms with Crippen LogP contribution in [0.1, 0.15) is 252 Å². The van der Waals surface area contributed by atoms with Gasteiger partial charge in [-0.05, 0) is 83.5 Å². The van der Waals surface area contributed by atoms with Crippen molar-refractivity contribution < 1.29 is 23.8 Å². The smallest absolute Gasteiger partial charge is 0.306 e. The number of unbranched alkanes of at least 4 members (excludes halogenated alkanes) is 25. The maximum absolute atomic E-state index is 12.8. The summed E-state index contributed by atoms with van der Waals surface area (Å²) in [6.07, 6.45) is 67.9. The fourth-order valence-corrected chi connectivity index (χ4v) is 7.36. The maximum Gasteiger partial charge on any atom is 0.306 e. The summed E-state index contributed by atoms with van der Waals surface area (Å²) in [5.41, 5.74) is 0. The van der Waals surface area contributed by atoms with Gasteiger partial charge >= 0.3 is 11.9 Å². The first-order valence-corrected chi connectivity index (χ1v) is 26.5. The lowest BCUT2D eigenvalue weighted by Gasteiger charge is -2.18. The average Bonchev–Trinajstić information content (AvgIpc) is 3.27. The van der Waals surface area contributed by atoms with Gasteiger partial charge in [0.05, 0.1) is 6.61 Å². The van der Waals surface area contributed by atoms with Gasteiger partial charge < -0.3 is 14.2 Å². The Kier molecular flexibility index (Phi) is 50.4. The van der Waals surface area contributed by atoms with Crippen molar-refractivity contribution in [3.05, 3.63) is 72.9 Å². The largest absolute Gasteiger partial charge is 0.462 e. The minimum atomic E-state index is -0.563. The molecule has 0 aromatic carbocycles. The van der Waals surface area contributed by atoms with E-state index in [2.05, 4.69) is 93.7 Å². The summed E-state index contributed by atoms with van der Waals surface area (Å²) in [6.45, 7) is 7.56. The van der Waals surface area contributed by atoms with E-state index in [1.807, 2.05) is 0 Å². The number of rotatable bonds is 48. The molecule has 0 N–H and O–H groups in total. The Labute approximate surface area is 385 Å². The molecular weight excluding hydrogens is 765 g/mol. The molecule has 1 atom stereocenters. The molecule has 358 valence electrons. The molecular formula is C57H100O5. The molecule has 0 radical (unpaired) electrons. The van der Waals surface area contributed by atoms with Crippen molar-refractivity contribution in [2.45, 2.75) is 258 Å². The lowest BCUT2D eigenvalue weighted by molar-refractivity contribution is -0.163. The highest BCUT2D eigenvalue weighted by atomic mass is 16.6. The quantitative estimate of drug-likeness (QED) is 0.0346. The molecule has 0 aliphatic heterocycles. The van der Waals surface area contributed by atoms with Crippen LogP contribution in [0.5, 0.6) is 0 Å². The molecule has 0 aromatic rings. The zero-order valence-corrected chi connectivity index (χ0v) is 41.1. The Morgan fingerprint density at radius 2 is 0.726 bits per heavy atom. The van der Waals surface area contributed by atoms with Crippen LogP contribution in [0.15, 0.2) is 72.9 Å². The lowest BCUT2D eigenvalue weighted by Crippen LogP contribution is -2.30. The second kappa shape index (κ2) is 52.7. The first kappa shape index (κ1) is 59.3. The van der Waals surface area contributed by atoms with Crippen LogP contribution in [0.3, 0.4) is 0 Å². The van der Waals surface area contributed by atoms with Gasteiger partial charge in [0.25, 0.3) is 0 Å². The molecule has 1 unspecified atom stereocenters. The summed E-state index contributed by atoms with van der Waals surface area (Å²) in [5.74, 6) is -0.460. The number of esters is 2. The fourth-order valence-electron chi connectivity index (χ4n) is 7.36. The monoisotopic (exact) mass is 865 g/mol. The third kappa shape index (κ3) is 50.0. The zero-order valence-electron chi connectivity index (χ0n) is 41.1. The minimum absolute atomic E-state index is 0.0580. The summed E-state index contributed by atoms with van der Waals surface area (Å²) in [6, 6.07) is 0. The van der Waals surface area contributed by atoms with E-state index >= 15 is 0 Å². The molecule has 0 aliphatic rings. The molecule has 0 rings (SSSR count). The first-order valence-electron chi connectivity index (χ1n) is 26.5. The van der Waals surface area contributed by atoms with Crippen molar-refractivity contribution in [2.24, 2.45) is 0 Å². The van der Waals surface area contributed by atoms with Gasteiger partial charge in [0.1, 0.15) is 6.61 Å². The van der Waals surface area contributed by atoms with Crippen molar-refractivity contribution in [3.8, 4) is 0 Å². The van der Waals surface area contributed by atoms with Crippen LogP contribution >= 0.6 is 0 Å². The van der Waals surface area contributed by atoms with Crippen molar-refractivity contribution in [2.75, 3.05) is 19.8 Å². The van der Waals surface area contributed by atoms with Crippen LogP contribution in [-0.2, 0) is 23.8 Å². The van der Waals surface area contributed by atoms with E-state index in [1.165, 1.54) is 116 Å².